The van der Waals surface area contributed by atoms with Gasteiger partial charge in [0.15, 0.2) is 0 Å². The third-order valence-corrected chi connectivity index (χ3v) is 7.06. The van der Waals surface area contributed by atoms with Crippen LogP contribution in [0.1, 0.15) is 88.0 Å². The van der Waals surface area contributed by atoms with Gasteiger partial charge in [0.25, 0.3) is 0 Å². The number of carbonyl (C=O) groups excluding carboxylic acids is 1. The Labute approximate surface area is 188 Å². The molecule has 3 saturated heterocycles. The maximum absolute atomic E-state index is 11.2. The zero-order valence-corrected chi connectivity index (χ0v) is 22.1. The van der Waals surface area contributed by atoms with Gasteiger partial charge in [-0.2, -0.15) is 0 Å². The number of amides is 1. The van der Waals surface area contributed by atoms with E-state index < -0.39 is 0 Å². The van der Waals surface area contributed by atoms with Crippen LogP contribution in [0.2, 0.25) is 0 Å². The van der Waals surface area contributed by atoms with Crippen LogP contribution >= 0.6 is 0 Å². The smallest absolute Gasteiger partial charge is 0.222 e. The molecule has 0 aromatic carbocycles. The number of carbonyl (C=O) groups is 1. The lowest BCUT2D eigenvalue weighted by Gasteiger charge is -2.26. The van der Waals surface area contributed by atoms with Crippen molar-refractivity contribution in [3.8, 4) is 0 Å². The highest BCUT2D eigenvalue weighted by atomic mass is 16.5. The summed E-state index contributed by atoms with van der Waals surface area (Å²) in [6.07, 6.45) is 4.78. The summed E-state index contributed by atoms with van der Waals surface area (Å²) < 4.78 is 5.68. The van der Waals surface area contributed by atoms with E-state index in [-0.39, 0.29) is 11.0 Å². The molecule has 178 valence electrons. The van der Waals surface area contributed by atoms with Crippen molar-refractivity contribution in [2.24, 2.45) is 28.6 Å². The predicted octanol–water partition coefficient (Wildman–Crippen LogP) is 5.71. The number of ether oxygens (including phenoxy) is 1. The van der Waals surface area contributed by atoms with Crippen LogP contribution in [-0.4, -0.2) is 61.6 Å². The summed E-state index contributed by atoms with van der Waals surface area (Å²) >= 11 is 0. The van der Waals surface area contributed by atoms with Crippen LogP contribution in [0.25, 0.3) is 0 Å². The van der Waals surface area contributed by atoms with Gasteiger partial charge in [0.05, 0.1) is 12.2 Å². The average Bonchev–Trinajstić information content (AvgIpc) is 3.10. The number of hydrogen-bond donors (Lipinski definition) is 0. The van der Waals surface area contributed by atoms with E-state index in [1.165, 1.54) is 32.4 Å². The summed E-state index contributed by atoms with van der Waals surface area (Å²) in [7, 11) is 4.09. The molecule has 0 aromatic heterocycles. The lowest BCUT2D eigenvalue weighted by molar-refractivity contribution is -0.126. The Morgan fingerprint density at radius 3 is 1.77 bits per heavy atom. The van der Waals surface area contributed by atoms with Gasteiger partial charge in [-0.05, 0) is 75.3 Å². The van der Waals surface area contributed by atoms with Crippen LogP contribution in [-0.2, 0) is 9.53 Å². The van der Waals surface area contributed by atoms with Gasteiger partial charge >= 0.3 is 0 Å². The standard InChI is InChI=1S/C10H20O.C9H17NO.C7H15N/c1-9(2,3)8-6-10(4,5)11-7-8;1-9(2,3)7-5-8(11)10(4)6-7;1-7-4-3-5-8(2)6-7/h8H,6-7H2,1-5H3;7H,5-6H2,1-4H3;7H,3-6H2,1-2H3. The fraction of sp³-hybridized carbons (Fsp3) is 0.962. The molecule has 1 amide bonds. The minimum atomic E-state index is 0.123. The molecular weight excluding hydrogens is 372 g/mol. The largest absolute Gasteiger partial charge is 0.375 e. The van der Waals surface area contributed by atoms with E-state index in [0.29, 0.717) is 17.2 Å². The fourth-order valence-corrected chi connectivity index (χ4v) is 4.46. The molecule has 3 atom stereocenters. The topological polar surface area (TPSA) is 32.8 Å². The Morgan fingerprint density at radius 2 is 1.53 bits per heavy atom. The lowest BCUT2D eigenvalue weighted by atomic mass is 9.78. The van der Waals surface area contributed by atoms with Crippen LogP contribution in [0.3, 0.4) is 0 Å². The average molecular weight is 425 g/mol. The minimum absolute atomic E-state index is 0.123. The minimum Gasteiger partial charge on any atom is -0.375 e. The van der Waals surface area contributed by atoms with Crippen LogP contribution in [0.15, 0.2) is 0 Å². The Bertz CT molecular complexity index is 522. The first-order valence-corrected chi connectivity index (χ1v) is 12.1. The van der Waals surface area contributed by atoms with Gasteiger partial charge in [0.2, 0.25) is 5.91 Å². The number of hydrogen-bond acceptors (Lipinski definition) is 3. The van der Waals surface area contributed by atoms with E-state index in [4.69, 9.17) is 4.74 Å². The number of piperidine rings is 1. The molecule has 3 heterocycles. The summed E-state index contributed by atoms with van der Waals surface area (Å²) in [6.45, 7) is 24.7. The van der Waals surface area contributed by atoms with Crippen molar-refractivity contribution in [1.29, 1.82) is 0 Å². The monoisotopic (exact) mass is 424 g/mol. The van der Waals surface area contributed by atoms with Crippen LogP contribution in [0, 0.1) is 28.6 Å². The van der Waals surface area contributed by atoms with E-state index in [1.54, 1.807) is 0 Å². The molecule has 3 aliphatic heterocycles. The van der Waals surface area contributed by atoms with Crippen LogP contribution < -0.4 is 0 Å². The Balaban J connectivity index is 0.000000228. The molecule has 0 spiro atoms. The van der Waals surface area contributed by atoms with Crippen LogP contribution in [0.5, 0.6) is 0 Å². The van der Waals surface area contributed by atoms with Crippen molar-refractivity contribution in [3.63, 3.8) is 0 Å². The maximum atomic E-state index is 11.2. The van der Waals surface area contributed by atoms with Crippen molar-refractivity contribution < 1.29 is 9.53 Å². The van der Waals surface area contributed by atoms with E-state index in [1.807, 2.05) is 11.9 Å². The first kappa shape index (κ1) is 27.4. The molecule has 4 heteroatoms. The normalized spacial score (nSPS) is 29.8. The Hall–Kier alpha value is -0.610. The third-order valence-electron chi connectivity index (χ3n) is 7.06. The first-order valence-electron chi connectivity index (χ1n) is 12.1. The van der Waals surface area contributed by atoms with Gasteiger partial charge in [-0.25, -0.2) is 0 Å². The van der Waals surface area contributed by atoms with Gasteiger partial charge in [-0.15, -0.1) is 0 Å². The van der Waals surface area contributed by atoms with Crippen molar-refractivity contribution in [3.05, 3.63) is 0 Å². The van der Waals surface area contributed by atoms with Crippen molar-refractivity contribution in [2.45, 2.75) is 93.6 Å². The van der Waals surface area contributed by atoms with Crippen molar-refractivity contribution >= 4 is 5.91 Å². The second-order valence-corrected chi connectivity index (χ2v) is 12.9. The van der Waals surface area contributed by atoms with E-state index in [2.05, 4.69) is 74.3 Å². The molecule has 0 N–H and O–H groups in total. The van der Waals surface area contributed by atoms with E-state index in [0.717, 1.165) is 31.4 Å². The van der Waals surface area contributed by atoms with Crippen molar-refractivity contribution in [2.75, 3.05) is 40.3 Å². The van der Waals surface area contributed by atoms with E-state index >= 15 is 0 Å². The van der Waals surface area contributed by atoms with Gasteiger partial charge in [-0.1, -0.05) is 48.5 Å². The molecular formula is C26H52N2O2. The van der Waals surface area contributed by atoms with Gasteiger partial charge < -0.3 is 14.5 Å². The molecule has 3 unspecified atom stereocenters. The number of likely N-dealkylation sites (tertiary alicyclic amines) is 2. The third kappa shape index (κ3) is 9.68. The zero-order chi connectivity index (χ0) is 23.3. The van der Waals surface area contributed by atoms with Gasteiger partial charge in [-0.3, -0.25) is 4.79 Å². The Kier molecular flexibility index (Phi) is 9.88. The number of rotatable bonds is 0. The number of nitrogens with zero attached hydrogens (tertiary/aromatic N) is 2. The van der Waals surface area contributed by atoms with Gasteiger partial charge in [0, 0.05) is 26.6 Å². The summed E-state index contributed by atoms with van der Waals surface area (Å²) in [5.41, 5.74) is 0.812. The summed E-state index contributed by atoms with van der Waals surface area (Å²) in [5.74, 6) is 2.51. The Morgan fingerprint density at radius 1 is 0.967 bits per heavy atom. The first-order chi connectivity index (χ1) is 13.5. The quantitative estimate of drug-likeness (QED) is 0.499. The summed E-state index contributed by atoms with van der Waals surface area (Å²) in [4.78, 5) is 15.4. The second-order valence-electron chi connectivity index (χ2n) is 12.9. The SMILES string of the molecule is CC1(C)CC(C(C)(C)C)CO1.CC1CCCN(C)C1.CN1CC(C(C)(C)C)CC1=O. The highest BCUT2D eigenvalue weighted by molar-refractivity contribution is 5.78. The molecule has 0 radical (unpaired) electrons. The molecule has 3 fully saturated rings. The van der Waals surface area contributed by atoms with Crippen LogP contribution in [0.4, 0.5) is 0 Å². The fourth-order valence-electron chi connectivity index (χ4n) is 4.46. The molecule has 0 aromatic rings. The zero-order valence-electron chi connectivity index (χ0n) is 22.1. The highest BCUT2D eigenvalue weighted by Crippen LogP contribution is 2.39. The predicted molar refractivity (Wildman–Crippen MR) is 129 cm³/mol. The molecule has 0 aliphatic carbocycles. The summed E-state index contributed by atoms with van der Waals surface area (Å²) in [6, 6.07) is 0. The maximum Gasteiger partial charge on any atom is 0.222 e. The molecule has 4 nitrogen and oxygen atoms in total. The summed E-state index contributed by atoms with van der Waals surface area (Å²) in [5, 5.41) is 0. The van der Waals surface area contributed by atoms with Gasteiger partial charge in [0.1, 0.15) is 0 Å². The highest BCUT2D eigenvalue weighted by Gasteiger charge is 2.38. The molecule has 0 saturated carbocycles. The van der Waals surface area contributed by atoms with Crippen molar-refractivity contribution in [1.82, 2.24) is 9.80 Å². The van der Waals surface area contributed by atoms with E-state index in [9.17, 15) is 4.79 Å². The molecule has 3 rings (SSSR count). The molecule has 30 heavy (non-hydrogen) atoms. The molecule has 0 bridgehead atoms. The second kappa shape index (κ2) is 10.8. The molecule has 3 aliphatic rings. The lowest BCUT2D eigenvalue weighted by Crippen LogP contribution is -2.30.